The number of para-hydroxylation sites is 1. The first-order valence-electron chi connectivity index (χ1n) is 21.4. The Morgan fingerprint density at radius 1 is 0.597 bits per heavy atom. The summed E-state index contributed by atoms with van der Waals surface area (Å²) >= 11 is 0. The topological polar surface area (TPSA) is 236 Å². The summed E-state index contributed by atoms with van der Waals surface area (Å²) in [4.78, 5) is 66.4. The number of hydrogen-bond acceptors (Lipinski definition) is 13. The van der Waals surface area contributed by atoms with Crippen LogP contribution in [0.2, 0.25) is 0 Å². The van der Waals surface area contributed by atoms with Crippen molar-refractivity contribution in [2.24, 2.45) is 15.6 Å². The van der Waals surface area contributed by atoms with E-state index in [1.807, 2.05) is 81.4 Å². The molecule has 6 aromatic rings. The molecule has 0 fully saturated rings. The summed E-state index contributed by atoms with van der Waals surface area (Å²) in [5.74, 6) is -1.11. The molecule has 2 amide bonds. The van der Waals surface area contributed by atoms with E-state index in [2.05, 4.69) is 34.0 Å². The predicted octanol–water partition coefficient (Wildman–Crippen LogP) is 8.23. The third kappa shape index (κ3) is 24.3. The van der Waals surface area contributed by atoms with Gasteiger partial charge >= 0.3 is 35.5 Å². The van der Waals surface area contributed by atoms with Crippen molar-refractivity contribution in [3.63, 3.8) is 0 Å². The van der Waals surface area contributed by atoms with Gasteiger partial charge in [0.25, 0.3) is 0 Å². The number of benzene rings is 6. The van der Waals surface area contributed by atoms with E-state index in [0.717, 1.165) is 28.5 Å². The summed E-state index contributed by atoms with van der Waals surface area (Å²) in [6, 6.07) is 44.0. The number of carbonyl (C=O) groups is 5. The molecule has 17 heteroatoms. The van der Waals surface area contributed by atoms with Crippen molar-refractivity contribution >= 4 is 53.1 Å². The van der Waals surface area contributed by atoms with Crippen molar-refractivity contribution in [1.82, 2.24) is 10.6 Å². The number of nitrogens with one attached hydrogen (secondary N) is 2. The number of phenolic OH excluding ortho intramolecular Hbond substituents is 2. The van der Waals surface area contributed by atoms with Gasteiger partial charge in [-0.1, -0.05) is 130 Å². The minimum atomic E-state index is -0.458. The van der Waals surface area contributed by atoms with Gasteiger partial charge in [0.1, 0.15) is 17.1 Å². The first kappa shape index (κ1) is 64.4. The van der Waals surface area contributed by atoms with E-state index in [1.165, 1.54) is 30.4 Å². The number of aromatic hydroxyl groups is 2. The van der Waals surface area contributed by atoms with E-state index < -0.39 is 5.60 Å². The van der Waals surface area contributed by atoms with Crippen LogP contribution in [0.4, 0.5) is 11.4 Å². The summed E-state index contributed by atoms with van der Waals surface area (Å²) in [5.41, 5.74) is 5.31. The molecule has 0 radical (unpaired) electrons. The minimum absolute atomic E-state index is 0. The fourth-order valence-corrected chi connectivity index (χ4v) is 5.94. The van der Waals surface area contributed by atoms with Crippen LogP contribution in [0.1, 0.15) is 76.7 Å². The van der Waals surface area contributed by atoms with E-state index in [4.69, 9.17) is 14.9 Å². The quantitative estimate of drug-likeness (QED) is 0.0138. The van der Waals surface area contributed by atoms with Gasteiger partial charge in [-0.3, -0.25) is 24.0 Å². The molecule has 0 saturated carbocycles. The van der Waals surface area contributed by atoms with Crippen molar-refractivity contribution in [3.8, 4) is 11.5 Å². The van der Waals surface area contributed by atoms with Crippen LogP contribution in [-0.4, -0.2) is 58.3 Å². The van der Waals surface area contributed by atoms with E-state index in [1.54, 1.807) is 72.8 Å². The second-order valence-corrected chi connectivity index (χ2v) is 15.6. The minimum Gasteiger partial charge on any atom is -0.507 e. The number of esters is 1. The van der Waals surface area contributed by atoms with E-state index in [0.29, 0.717) is 47.6 Å². The second kappa shape index (κ2) is 34.7. The molecule has 0 atom stereocenters. The van der Waals surface area contributed by atoms with Crippen LogP contribution < -0.4 is 40.2 Å². The molecule has 372 valence electrons. The Morgan fingerprint density at radius 3 is 1.44 bits per heavy atom. The first-order valence-corrected chi connectivity index (χ1v) is 21.4. The number of nitrogens with zero attached hydrogens (tertiary/aromatic N) is 3. The van der Waals surface area contributed by atoms with Gasteiger partial charge in [0.15, 0.2) is 11.6 Å². The van der Waals surface area contributed by atoms with Crippen LogP contribution in [0.5, 0.6) is 11.5 Å². The molecule has 0 spiro atoms. The second-order valence-electron chi connectivity index (χ2n) is 15.6. The SMILES string of the molecule is C.C=CC(=O)NCCc1ccc(CC(=O)OC(C)(C)C)cc1.C=CC(=O)NCCc1ccc(N=Nc2ccc(O)c(C(=O)c3ccccc3)c2)cc1.Cl.O=C(c1ccccc1)c1ccccc1O.O=N[O-].[Na+]. The number of ketones is 2. The number of carbonyl (C=O) groups excluding carboxylic acids is 5. The zero-order chi connectivity index (χ0) is 50.6. The van der Waals surface area contributed by atoms with Crippen LogP contribution in [0.15, 0.2) is 193 Å². The van der Waals surface area contributed by atoms with Gasteiger partial charge in [-0.05, 0) is 105 Å². The molecule has 0 aromatic heterocycles. The fourth-order valence-electron chi connectivity index (χ4n) is 5.94. The molecular formula is C55H59ClN5NaO10. The molecule has 0 bridgehead atoms. The van der Waals surface area contributed by atoms with Crippen molar-refractivity contribution in [1.29, 1.82) is 0 Å². The van der Waals surface area contributed by atoms with Crippen molar-refractivity contribution in [2.45, 2.75) is 53.1 Å². The summed E-state index contributed by atoms with van der Waals surface area (Å²) in [6.45, 7) is 13.5. The molecule has 0 saturated heterocycles. The van der Waals surface area contributed by atoms with Gasteiger partial charge in [-0.2, -0.15) is 10.2 Å². The third-order valence-electron chi connectivity index (χ3n) is 9.25. The number of phenols is 2. The molecule has 0 unspecified atom stereocenters. The monoisotopic (exact) mass is 1010 g/mol. The Morgan fingerprint density at radius 2 is 0.986 bits per heavy atom. The van der Waals surface area contributed by atoms with Crippen LogP contribution in [0.3, 0.4) is 0 Å². The van der Waals surface area contributed by atoms with Crippen molar-refractivity contribution in [2.75, 3.05) is 13.1 Å². The average molecular weight is 1010 g/mol. The molecule has 72 heavy (non-hydrogen) atoms. The molecule has 0 aliphatic carbocycles. The standard InChI is InChI=1S/C24H21N3O3.C17H23NO3.C13H10O2.CH4.ClH.HNO2.Na/c1-2-23(29)25-15-14-17-8-10-19(11-9-17)26-27-20-12-13-22(28)21(16-20)24(30)18-6-4-3-5-7-18;1-5-15(19)18-11-10-13-6-8-14(9-7-13)12-16(20)21-17(2,3)4;14-12-9-5-4-8-11(12)13(15)10-6-2-1-3-7-10;;;2-1-3;/h2-13,16,28H,1,14-15H2,(H,25,29);5-9H,1,10-12H2,2-4H3,(H,18,19);1-9,14H;1H4;1H;(H,2,3);/q;;;;;;+1/p-1. The van der Waals surface area contributed by atoms with Crippen LogP contribution >= 0.6 is 12.4 Å². The molecule has 6 rings (SSSR count). The van der Waals surface area contributed by atoms with Crippen molar-refractivity contribution < 1.29 is 68.5 Å². The molecule has 4 N–H and O–H groups in total. The maximum Gasteiger partial charge on any atom is 1.00 e. The van der Waals surface area contributed by atoms with Gasteiger partial charge in [0, 0.05) is 24.2 Å². The number of azo groups is 1. The summed E-state index contributed by atoms with van der Waals surface area (Å²) in [6.07, 6.45) is 4.20. The van der Waals surface area contributed by atoms with Gasteiger partial charge in [-0.25, -0.2) is 0 Å². The summed E-state index contributed by atoms with van der Waals surface area (Å²) < 4.78 is 5.28. The van der Waals surface area contributed by atoms with Crippen LogP contribution in [0, 0.1) is 10.1 Å². The van der Waals surface area contributed by atoms with E-state index in [-0.39, 0.29) is 102 Å². The van der Waals surface area contributed by atoms with Crippen LogP contribution in [0.25, 0.3) is 0 Å². The van der Waals surface area contributed by atoms with E-state index >= 15 is 0 Å². The zero-order valence-corrected chi connectivity index (χ0v) is 42.8. The van der Waals surface area contributed by atoms with E-state index in [9.17, 15) is 34.2 Å². The zero-order valence-electron chi connectivity index (χ0n) is 39.9. The Bertz CT molecular complexity index is 2680. The summed E-state index contributed by atoms with van der Waals surface area (Å²) in [5, 5.41) is 42.4. The summed E-state index contributed by atoms with van der Waals surface area (Å²) in [7, 11) is 0. The first-order chi connectivity index (χ1) is 33.1. The Balaban J connectivity index is 0.00000105. The maximum atomic E-state index is 12.6. The maximum absolute atomic E-state index is 12.6. The number of ether oxygens (including phenoxy) is 1. The Hall–Kier alpha value is -7.56. The Kier molecular flexibility index (Phi) is 31.0. The number of halogens is 1. The van der Waals surface area contributed by atoms with Gasteiger partial charge in [-0.15, -0.1) is 17.7 Å². The molecule has 0 aliphatic rings. The molecule has 0 aliphatic heterocycles. The normalized spacial score (nSPS) is 9.82. The predicted molar refractivity (Wildman–Crippen MR) is 280 cm³/mol. The molecule has 6 aromatic carbocycles. The fraction of sp³-hybridized carbons (Fsp3) is 0.182. The molecule has 0 heterocycles. The smallest absolute Gasteiger partial charge is 0.507 e. The van der Waals surface area contributed by atoms with Crippen molar-refractivity contribution in [3.05, 3.63) is 226 Å². The van der Waals surface area contributed by atoms with Gasteiger partial charge in [0.2, 0.25) is 11.8 Å². The average Bonchev–Trinajstić information content (AvgIpc) is 3.35. The Labute approximate surface area is 448 Å². The molecule has 15 nitrogen and oxygen atoms in total. The molecular weight excluding hydrogens is 949 g/mol. The largest absolute Gasteiger partial charge is 1.00 e. The van der Waals surface area contributed by atoms with Gasteiger partial charge in [0.05, 0.1) is 28.9 Å². The van der Waals surface area contributed by atoms with Gasteiger partial charge < -0.3 is 35.7 Å². The number of rotatable bonds is 16. The number of hydrogen-bond donors (Lipinski definition) is 4. The number of amides is 2. The third-order valence-corrected chi connectivity index (χ3v) is 9.25. The van der Waals surface area contributed by atoms with Crippen LogP contribution in [-0.2, 0) is 38.4 Å².